The zero-order valence-electron chi connectivity index (χ0n) is 10.1. The number of hydrogen-bond donors (Lipinski definition) is 3. The molecule has 0 bridgehead atoms. The molecule has 1 aromatic carbocycles. The Hall–Kier alpha value is -2.32. The summed E-state index contributed by atoms with van der Waals surface area (Å²) in [4.78, 5) is 10.6. The van der Waals surface area contributed by atoms with Crippen LogP contribution in [0.5, 0.6) is 5.75 Å². The third kappa shape index (κ3) is 2.98. The normalized spacial score (nSPS) is 11.4. The average Bonchev–Trinajstić information content (AvgIpc) is 2.88. The maximum atomic E-state index is 11.9. The van der Waals surface area contributed by atoms with E-state index < -0.39 is 26.8 Å². The summed E-state index contributed by atoms with van der Waals surface area (Å²) in [7, 11) is -3.98. The van der Waals surface area contributed by atoms with E-state index in [-0.39, 0.29) is 12.3 Å². The number of para-hydroxylation sites is 1. The van der Waals surface area contributed by atoms with Gasteiger partial charge in [0, 0.05) is 12.1 Å². The first kappa shape index (κ1) is 14.1. The SMILES string of the molecule is O=C(O)c1ccc(S(=O)(=O)NCc2ccccc2O)o1. The molecule has 0 saturated carbocycles. The van der Waals surface area contributed by atoms with E-state index in [1.165, 1.54) is 6.07 Å². The number of aromatic carboxylic acids is 1. The highest BCUT2D eigenvalue weighted by atomic mass is 32.2. The average molecular weight is 297 g/mol. The summed E-state index contributed by atoms with van der Waals surface area (Å²) >= 11 is 0. The Kier molecular flexibility index (Phi) is 3.77. The van der Waals surface area contributed by atoms with Gasteiger partial charge in [-0.1, -0.05) is 18.2 Å². The molecule has 0 amide bonds. The number of carbonyl (C=O) groups is 1. The summed E-state index contributed by atoms with van der Waals surface area (Å²) in [6.45, 7) is -0.141. The van der Waals surface area contributed by atoms with Crippen LogP contribution in [0.25, 0.3) is 0 Å². The second-order valence-electron chi connectivity index (χ2n) is 3.88. The second kappa shape index (κ2) is 5.35. The maximum Gasteiger partial charge on any atom is 0.371 e. The fourth-order valence-corrected chi connectivity index (χ4v) is 2.42. The molecule has 0 spiro atoms. The maximum absolute atomic E-state index is 11.9. The Morgan fingerprint density at radius 2 is 1.90 bits per heavy atom. The van der Waals surface area contributed by atoms with E-state index in [0.29, 0.717) is 5.56 Å². The molecule has 8 heteroatoms. The number of phenolic OH excluding ortho intramolecular Hbond substituents is 1. The molecule has 3 N–H and O–H groups in total. The zero-order valence-corrected chi connectivity index (χ0v) is 10.9. The van der Waals surface area contributed by atoms with Crippen molar-refractivity contribution in [2.45, 2.75) is 11.6 Å². The van der Waals surface area contributed by atoms with Crippen molar-refractivity contribution in [3.8, 4) is 5.75 Å². The van der Waals surface area contributed by atoms with Crippen LogP contribution in [-0.4, -0.2) is 24.6 Å². The fourth-order valence-electron chi connectivity index (χ4n) is 1.48. The number of phenols is 1. The molecule has 0 radical (unpaired) electrons. The van der Waals surface area contributed by atoms with E-state index in [9.17, 15) is 18.3 Å². The highest BCUT2D eigenvalue weighted by Gasteiger charge is 2.21. The Morgan fingerprint density at radius 1 is 1.20 bits per heavy atom. The lowest BCUT2D eigenvalue weighted by Crippen LogP contribution is -2.22. The van der Waals surface area contributed by atoms with E-state index in [2.05, 4.69) is 4.72 Å². The molecule has 2 aromatic rings. The standard InChI is InChI=1S/C12H11NO6S/c14-9-4-2-1-3-8(9)7-13-20(17,18)11-6-5-10(19-11)12(15)16/h1-6,13-14H,7H2,(H,15,16). The van der Waals surface area contributed by atoms with Gasteiger partial charge in [-0.25, -0.2) is 17.9 Å². The van der Waals surface area contributed by atoms with Crippen molar-refractivity contribution >= 4 is 16.0 Å². The topological polar surface area (TPSA) is 117 Å². The van der Waals surface area contributed by atoms with E-state index in [1.807, 2.05) is 0 Å². The predicted octanol–water partition coefficient (Wildman–Crippen LogP) is 1.16. The van der Waals surface area contributed by atoms with Crippen LogP contribution in [0, 0.1) is 0 Å². The van der Waals surface area contributed by atoms with Gasteiger partial charge >= 0.3 is 5.97 Å². The number of furan rings is 1. The van der Waals surface area contributed by atoms with Crippen LogP contribution in [0.2, 0.25) is 0 Å². The van der Waals surface area contributed by atoms with E-state index >= 15 is 0 Å². The van der Waals surface area contributed by atoms with Crippen LogP contribution in [-0.2, 0) is 16.6 Å². The van der Waals surface area contributed by atoms with Crippen molar-refractivity contribution in [1.82, 2.24) is 4.72 Å². The number of nitrogens with one attached hydrogen (secondary N) is 1. The van der Waals surface area contributed by atoms with Gasteiger partial charge in [-0.2, -0.15) is 0 Å². The number of benzene rings is 1. The number of aromatic hydroxyl groups is 1. The molecule has 1 heterocycles. The first-order valence-electron chi connectivity index (χ1n) is 5.50. The minimum atomic E-state index is -3.98. The first-order valence-corrected chi connectivity index (χ1v) is 6.98. The van der Waals surface area contributed by atoms with Gasteiger partial charge in [-0.15, -0.1) is 0 Å². The molecular weight excluding hydrogens is 286 g/mol. The molecule has 0 saturated heterocycles. The van der Waals surface area contributed by atoms with Gasteiger partial charge in [0.1, 0.15) is 5.75 Å². The highest BCUT2D eigenvalue weighted by Crippen LogP contribution is 2.18. The third-order valence-electron chi connectivity index (χ3n) is 2.50. The summed E-state index contributed by atoms with van der Waals surface area (Å²) in [6, 6.07) is 8.35. The molecule has 1 aromatic heterocycles. The lowest BCUT2D eigenvalue weighted by atomic mass is 10.2. The molecular formula is C12H11NO6S. The van der Waals surface area contributed by atoms with E-state index in [0.717, 1.165) is 12.1 Å². The summed E-state index contributed by atoms with van der Waals surface area (Å²) in [6.07, 6.45) is 0. The quantitative estimate of drug-likeness (QED) is 0.762. The second-order valence-corrected chi connectivity index (χ2v) is 5.58. The summed E-state index contributed by atoms with van der Waals surface area (Å²) in [5, 5.41) is 17.7. The summed E-state index contributed by atoms with van der Waals surface area (Å²) in [5.41, 5.74) is 0.390. The van der Waals surface area contributed by atoms with Crippen molar-refractivity contribution in [2.75, 3.05) is 0 Å². The van der Waals surface area contributed by atoms with Gasteiger partial charge in [-0.05, 0) is 18.2 Å². The zero-order chi connectivity index (χ0) is 14.8. The van der Waals surface area contributed by atoms with Gasteiger partial charge in [-0.3, -0.25) is 0 Å². The summed E-state index contributed by atoms with van der Waals surface area (Å²) < 4.78 is 30.7. The number of carboxylic acid groups (broad SMARTS) is 1. The van der Waals surface area contributed by atoms with Gasteiger partial charge in [0.25, 0.3) is 10.0 Å². The van der Waals surface area contributed by atoms with Gasteiger partial charge < -0.3 is 14.6 Å². The molecule has 0 unspecified atom stereocenters. The molecule has 106 valence electrons. The van der Waals surface area contributed by atoms with Crippen molar-refractivity contribution in [2.24, 2.45) is 0 Å². The van der Waals surface area contributed by atoms with Crippen LogP contribution in [0.1, 0.15) is 16.1 Å². The smallest absolute Gasteiger partial charge is 0.371 e. The van der Waals surface area contributed by atoms with Crippen molar-refractivity contribution in [1.29, 1.82) is 0 Å². The Balaban J connectivity index is 2.15. The molecule has 0 aliphatic carbocycles. The lowest BCUT2D eigenvalue weighted by Gasteiger charge is -2.05. The number of rotatable bonds is 5. The fraction of sp³-hybridized carbons (Fsp3) is 0.0833. The predicted molar refractivity (Wildman–Crippen MR) is 67.8 cm³/mol. The van der Waals surface area contributed by atoms with Crippen LogP contribution in [0.15, 0.2) is 45.9 Å². The molecule has 2 rings (SSSR count). The molecule has 7 nitrogen and oxygen atoms in total. The Bertz CT molecular complexity index is 734. The van der Waals surface area contributed by atoms with E-state index in [1.54, 1.807) is 18.2 Å². The number of hydrogen-bond acceptors (Lipinski definition) is 5. The van der Waals surface area contributed by atoms with E-state index in [4.69, 9.17) is 9.52 Å². The van der Waals surface area contributed by atoms with Crippen molar-refractivity contribution in [3.05, 3.63) is 47.7 Å². The Labute approximate surface area is 114 Å². The minimum absolute atomic E-state index is 0.0409. The van der Waals surface area contributed by atoms with Crippen LogP contribution in [0.3, 0.4) is 0 Å². The van der Waals surface area contributed by atoms with Crippen LogP contribution >= 0.6 is 0 Å². The van der Waals surface area contributed by atoms with Crippen LogP contribution in [0.4, 0.5) is 0 Å². The molecule has 0 aliphatic rings. The lowest BCUT2D eigenvalue weighted by molar-refractivity contribution is 0.0656. The van der Waals surface area contributed by atoms with Gasteiger partial charge in [0.05, 0.1) is 0 Å². The van der Waals surface area contributed by atoms with Gasteiger partial charge in [0.15, 0.2) is 0 Å². The first-order chi connectivity index (χ1) is 9.40. The van der Waals surface area contributed by atoms with Crippen molar-refractivity contribution < 1.29 is 27.8 Å². The highest BCUT2D eigenvalue weighted by molar-refractivity contribution is 7.89. The Morgan fingerprint density at radius 3 is 2.50 bits per heavy atom. The van der Waals surface area contributed by atoms with Crippen molar-refractivity contribution in [3.63, 3.8) is 0 Å². The molecule has 0 aliphatic heterocycles. The molecule has 0 fully saturated rings. The van der Waals surface area contributed by atoms with Crippen LogP contribution < -0.4 is 4.72 Å². The third-order valence-corrected chi connectivity index (χ3v) is 3.77. The molecule has 20 heavy (non-hydrogen) atoms. The molecule has 0 atom stereocenters. The van der Waals surface area contributed by atoms with Gasteiger partial charge in [0.2, 0.25) is 10.9 Å². The largest absolute Gasteiger partial charge is 0.508 e. The monoisotopic (exact) mass is 297 g/mol. The minimum Gasteiger partial charge on any atom is -0.508 e. The number of sulfonamides is 1. The number of carboxylic acids is 1. The summed E-state index contributed by atoms with van der Waals surface area (Å²) in [5.74, 6) is -1.86.